The minimum absolute atomic E-state index is 0.204. The highest BCUT2D eigenvalue weighted by Crippen LogP contribution is 1.96. The molecule has 0 atom stereocenters. The van der Waals surface area contributed by atoms with Crippen LogP contribution in [0.3, 0.4) is 0 Å². The van der Waals surface area contributed by atoms with Crippen LogP contribution in [-0.2, 0) is 4.79 Å². The van der Waals surface area contributed by atoms with Crippen LogP contribution in [0.1, 0.15) is 23.2 Å². The number of nitrogens with one attached hydrogen (secondary N) is 1. The lowest BCUT2D eigenvalue weighted by Gasteiger charge is -1.88. The molecule has 1 aliphatic heterocycles. The Labute approximate surface area is 87.9 Å². The number of carboxylic acid groups (broad SMARTS) is 1. The normalized spacial score (nSPS) is 13.7. The smallest absolute Gasteiger partial charge is 0.335 e. The van der Waals surface area contributed by atoms with Crippen molar-refractivity contribution in [3.63, 3.8) is 0 Å². The van der Waals surface area contributed by atoms with E-state index in [9.17, 15) is 9.59 Å². The number of amides is 1. The van der Waals surface area contributed by atoms with Crippen LogP contribution in [0, 0.1) is 0 Å². The zero-order chi connectivity index (χ0) is 11.1. The molecule has 1 aromatic carbocycles. The number of carbonyl (C=O) groups is 2. The van der Waals surface area contributed by atoms with Crippen molar-refractivity contribution in [1.29, 1.82) is 0 Å². The van der Waals surface area contributed by atoms with Crippen LogP contribution in [0.25, 0.3) is 0 Å². The van der Waals surface area contributed by atoms with Gasteiger partial charge in [0.2, 0.25) is 5.91 Å². The Bertz CT molecular complexity index is 327. The number of aromatic carboxylic acids is 1. The van der Waals surface area contributed by atoms with Gasteiger partial charge in [0.05, 0.1) is 5.56 Å². The molecule has 0 radical (unpaired) electrons. The first kappa shape index (κ1) is 11.2. The lowest BCUT2D eigenvalue weighted by Crippen LogP contribution is -2.12. The van der Waals surface area contributed by atoms with Crippen LogP contribution in [0.2, 0.25) is 0 Å². The molecule has 0 bridgehead atoms. The Balaban J connectivity index is 0.000000162. The monoisotopic (exact) mass is 207 g/mol. The summed E-state index contributed by atoms with van der Waals surface area (Å²) in [5, 5.41) is 11.1. The zero-order valence-corrected chi connectivity index (χ0v) is 8.27. The molecule has 1 aromatic rings. The molecular weight excluding hydrogens is 194 g/mol. The van der Waals surface area contributed by atoms with Gasteiger partial charge in [-0.15, -0.1) is 0 Å². The predicted molar refractivity (Wildman–Crippen MR) is 55.6 cm³/mol. The van der Waals surface area contributed by atoms with Crippen molar-refractivity contribution < 1.29 is 14.7 Å². The van der Waals surface area contributed by atoms with Gasteiger partial charge in [-0.05, 0) is 18.6 Å². The summed E-state index contributed by atoms with van der Waals surface area (Å²) in [5.74, 6) is -0.675. The van der Waals surface area contributed by atoms with E-state index in [4.69, 9.17) is 5.11 Å². The fourth-order valence-electron chi connectivity index (χ4n) is 1.15. The van der Waals surface area contributed by atoms with E-state index in [0.717, 1.165) is 19.4 Å². The number of carboxylic acids is 1. The topological polar surface area (TPSA) is 66.4 Å². The molecule has 80 valence electrons. The molecule has 1 aliphatic rings. The van der Waals surface area contributed by atoms with Crippen molar-refractivity contribution in [2.75, 3.05) is 6.54 Å². The van der Waals surface area contributed by atoms with Crippen molar-refractivity contribution in [3.05, 3.63) is 35.9 Å². The zero-order valence-electron chi connectivity index (χ0n) is 8.27. The molecule has 0 aliphatic carbocycles. The molecule has 0 aromatic heterocycles. The SMILES string of the molecule is O=C(O)c1ccccc1.O=C1CCCN1. The van der Waals surface area contributed by atoms with Gasteiger partial charge in [0.1, 0.15) is 0 Å². The van der Waals surface area contributed by atoms with E-state index in [1.165, 1.54) is 0 Å². The van der Waals surface area contributed by atoms with Crippen LogP contribution in [0.5, 0.6) is 0 Å². The molecule has 4 heteroatoms. The summed E-state index contributed by atoms with van der Waals surface area (Å²) in [7, 11) is 0. The summed E-state index contributed by atoms with van der Waals surface area (Å²) in [6.45, 7) is 0.888. The maximum absolute atomic E-state index is 10.2. The first-order valence-electron chi connectivity index (χ1n) is 4.75. The summed E-state index contributed by atoms with van der Waals surface area (Å²) in [4.78, 5) is 20.3. The molecule has 0 saturated carbocycles. The van der Waals surface area contributed by atoms with Crippen molar-refractivity contribution in [2.45, 2.75) is 12.8 Å². The fourth-order valence-corrected chi connectivity index (χ4v) is 1.15. The van der Waals surface area contributed by atoms with E-state index in [-0.39, 0.29) is 5.91 Å². The Kier molecular flexibility index (Phi) is 4.34. The Morgan fingerprint density at radius 3 is 2.20 bits per heavy atom. The molecule has 0 unspecified atom stereocenters. The second-order valence-corrected chi connectivity index (χ2v) is 3.12. The summed E-state index contributed by atoms with van der Waals surface area (Å²) in [6.07, 6.45) is 1.76. The fraction of sp³-hybridized carbons (Fsp3) is 0.273. The number of benzene rings is 1. The van der Waals surface area contributed by atoms with Gasteiger partial charge in [0.25, 0.3) is 0 Å². The summed E-state index contributed by atoms with van der Waals surface area (Å²) >= 11 is 0. The lowest BCUT2D eigenvalue weighted by molar-refractivity contribution is -0.119. The third-order valence-corrected chi connectivity index (χ3v) is 1.92. The van der Waals surface area contributed by atoms with Crippen LogP contribution in [0.15, 0.2) is 30.3 Å². The van der Waals surface area contributed by atoms with Crippen LogP contribution >= 0.6 is 0 Å². The van der Waals surface area contributed by atoms with Crippen LogP contribution in [0.4, 0.5) is 0 Å². The standard InChI is InChI=1S/C7H6O2.C4H7NO/c8-7(9)6-4-2-1-3-5-6;6-4-2-1-3-5-4/h1-5H,(H,8,9);1-3H2,(H,5,6). The van der Waals surface area contributed by atoms with E-state index in [2.05, 4.69) is 5.32 Å². The molecule has 1 amide bonds. The molecule has 1 fully saturated rings. The third kappa shape index (κ3) is 4.26. The highest BCUT2D eigenvalue weighted by atomic mass is 16.4. The first-order chi connectivity index (χ1) is 7.20. The Morgan fingerprint density at radius 1 is 1.27 bits per heavy atom. The maximum Gasteiger partial charge on any atom is 0.335 e. The second kappa shape index (κ2) is 5.80. The van der Waals surface area contributed by atoms with Gasteiger partial charge in [-0.2, -0.15) is 0 Å². The van der Waals surface area contributed by atoms with Crippen molar-refractivity contribution >= 4 is 11.9 Å². The largest absolute Gasteiger partial charge is 0.478 e. The first-order valence-corrected chi connectivity index (χ1v) is 4.75. The van der Waals surface area contributed by atoms with E-state index >= 15 is 0 Å². The predicted octanol–water partition coefficient (Wildman–Crippen LogP) is 1.28. The summed E-state index contributed by atoms with van der Waals surface area (Å²) in [6, 6.07) is 8.30. The molecule has 1 heterocycles. The highest BCUT2D eigenvalue weighted by Gasteiger charge is 2.05. The molecule has 4 nitrogen and oxygen atoms in total. The average Bonchev–Trinajstić information content (AvgIpc) is 2.71. The number of carbonyl (C=O) groups excluding carboxylic acids is 1. The molecule has 15 heavy (non-hydrogen) atoms. The minimum atomic E-state index is -0.879. The van der Waals surface area contributed by atoms with E-state index < -0.39 is 5.97 Å². The summed E-state index contributed by atoms with van der Waals surface area (Å²) < 4.78 is 0. The average molecular weight is 207 g/mol. The van der Waals surface area contributed by atoms with Gasteiger partial charge in [-0.25, -0.2) is 4.79 Å². The second-order valence-electron chi connectivity index (χ2n) is 3.12. The molecule has 2 rings (SSSR count). The highest BCUT2D eigenvalue weighted by molar-refractivity contribution is 5.87. The van der Waals surface area contributed by atoms with Gasteiger partial charge in [-0.1, -0.05) is 18.2 Å². The molecule has 1 saturated heterocycles. The molecular formula is C11H13NO3. The number of hydrogen-bond acceptors (Lipinski definition) is 2. The van der Waals surface area contributed by atoms with E-state index in [1.807, 2.05) is 0 Å². The van der Waals surface area contributed by atoms with Crippen molar-refractivity contribution in [3.8, 4) is 0 Å². The van der Waals surface area contributed by atoms with E-state index in [0.29, 0.717) is 5.56 Å². The number of rotatable bonds is 1. The van der Waals surface area contributed by atoms with Crippen molar-refractivity contribution in [1.82, 2.24) is 5.32 Å². The Hall–Kier alpha value is -1.84. The minimum Gasteiger partial charge on any atom is -0.478 e. The quantitative estimate of drug-likeness (QED) is 0.729. The Morgan fingerprint density at radius 2 is 1.93 bits per heavy atom. The van der Waals surface area contributed by atoms with Gasteiger partial charge in [0.15, 0.2) is 0 Å². The van der Waals surface area contributed by atoms with Crippen LogP contribution < -0.4 is 5.32 Å². The van der Waals surface area contributed by atoms with Crippen molar-refractivity contribution in [2.24, 2.45) is 0 Å². The molecule has 2 N–H and O–H groups in total. The van der Waals surface area contributed by atoms with Crippen LogP contribution in [-0.4, -0.2) is 23.5 Å². The van der Waals surface area contributed by atoms with Gasteiger partial charge < -0.3 is 10.4 Å². The number of hydrogen-bond donors (Lipinski definition) is 2. The van der Waals surface area contributed by atoms with E-state index in [1.54, 1.807) is 30.3 Å². The maximum atomic E-state index is 10.2. The summed E-state index contributed by atoms with van der Waals surface area (Å²) in [5.41, 5.74) is 0.331. The van der Waals surface area contributed by atoms with Gasteiger partial charge >= 0.3 is 5.97 Å². The van der Waals surface area contributed by atoms with Gasteiger partial charge in [-0.3, -0.25) is 4.79 Å². The van der Waals surface area contributed by atoms with Gasteiger partial charge in [0, 0.05) is 13.0 Å². The third-order valence-electron chi connectivity index (χ3n) is 1.92. The molecule has 0 spiro atoms. The lowest BCUT2D eigenvalue weighted by atomic mass is 10.2.